The fourth-order valence-corrected chi connectivity index (χ4v) is 1.91. The summed E-state index contributed by atoms with van der Waals surface area (Å²) in [7, 11) is 0. The maximum absolute atomic E-state index is 11.6. The van der Waals surface area contributed by atoms with Gasteiger partial charge in [0.15, 0.2) is 0 Å². The molecule has 0 bridgehead atoms. The summed E-state index contributed by atoms with van der Waals surface area (Å²) in [5, 5.41) is 11.5. The first-order valence-corrected chi connectivity index (χ1v) is 6.69. The van der Waals surface area contributed by atoms with Crippen molar-refractivity contribution in [3.8, 4) is 0 Å². The SMILES string of the molecule is CCC[C@@H](NC(=O)CCCc1ccccc1)C(=O)O. The van der Waals surface area contributed by atoms with Crippen LogP contribution in [0, 0.1) is 0 Å². The number of carbonyl (C=O) groups is 2. The predicted octanol–water partition coefficient (Wildman–Crippen LogP) is 2.38. The summed E-state index contributed by atoms with van der Waals surface area (Å²) in [6.07, 6.45) is 3.14. The van der Waals surface area contributed by atoms with E-state index in [1.165, 1.54) is 5.56 Å². The van der Waals surface area contributed by atoms with Crippen LogP contribution < -0.4 is 5.32 Å². The molecule has 19 heavy (non-hydrogen) atoms. The molecule has 0 aromatic heterocycles. The van der Waals surface area contributed by atoms with E-state index in [-0.39, 0.29) is 5.91 Å². The molecule has 4 heteroatoms. The zero-order valence-corrected chi connectivity index (χ0v) is 11.3. The van der Waals surface area contributed by atoms with E-state index >= 15 is 0 Å². The van der Waals surface area contributed by atoms with Gasteiger partial charge in [-0.05, 0) is 24.8 Å². The molecular formula is C15H21NO3. The molecule has 0 aliphatic carbocycles. The second kappa shape index (κ2) is 8.29. The van der Waals surface area contributed by atoms with Crippen LogP contribution in [0.25, 0.3) is 0 Å². The van der Waals surface area contributed by atoms with E-state index in [0.717, 1.165) is 19.3 Å². The molecule has 1 rings (SSSR count). The Bertz CT molecular complexity index is 403. The minimum atomic E-state index is -0.960. The van der Waals surface area contributed by atoms with Crippen molar-refractivity contribution < 1.29 is 14.7 Å². The number of carboxylic acid groups (broad SMARTS) is 1. The fourth-order valence-electron chi connectivity index (χ4n) is 1.91. The van der Waals surface area contributed by atoms with Gasteiger partial charge in [0, 0.05) is 6.42 Å². The van der Waals surface area contributed by atoms with Crippen molar-refractivity contribution in [2.24, 2.45) is 0 Å². The Morgan fingerprint density at radius 3 is 2.53 bits per heavy atom. The van der Waals surface area contributed by atoms with E-state index in [1.54, 1.807) is 0 Å². The van der Waals surface area contributed by atoms with Crippen LogP contribution in [-0.2, 0) is 16.0 Å². The first-order valence-electron chi connectivity index (χ1n) is 6.69. The molecule has 0 radical (unpaired) electrons. The van der Waals surface area contributed by atoms with Gasteiger partial charge in [-0.1, -0.05) is 43.7 Å². The van der Waals surface area contributed by atoms with Crippen LogP contribution in [0.5, 0.6) is 0 Å². The van der Waals surface area contributed by atoms with Crippen LogP contribution in [0.4, 0.5) is 0 Å². The molecule has 1 aromatic rings. The second-order valence-electron chi connectivity index (χ2n) is 4.59. The third kappa shape index (κ3) is 6.04. The number of benzene rings is 1. The van der Waals surface area contributed by atoms with Crippen molar-refractivity contribution in [3.05, 3.63) is 35.9 Å². The highest BCUT2D eigenvalue weighted by Gasteiger charge is 2.18. The van der Waals surface area contributed by atoms with Crippen LogP contribution in [0.1, 0.15) is 38.2 Å². The van der Waals surface area contributed by atoms with Crippen molar-refractivity contribution in [1.29, 1.82) is 0 Å². The van der Waals surface area contributed by atoms with Crippen molar-refractivity contribution in [1.82, 2.24) is 5.32 Å². The van der Waals surface area contributed by atoms with Gasteiger partial charge in [0.1, 0.15) is 6.04 Å². The Labute approximate surface area is 113 Å². The van der Waals surface area contributed by atoms with Crippen LogP contribution in [0.2, 0.25) is 0 Å². The Morgan fingerprint density at radius 1 is 1.26 bits per heavy atom. The van der Waals surface area contributed by atoms with Gasteiger partial charge in [-0.2, -0.15) is 0 Å². The highest BCUT2D eigenvalue weighted by Crippen LogP contribution is 2.05. The number of carbonyl (C=O) groups excluding carboxylic acids is 1. The van der Waals surface area contributed by atoms with Gasteiger partial charge in [0.2, 0.25) is 5.91 Å². The lowest BCUT2D eigenvalue weighted by molar-refractivity contribution is -0.142. The lowest BCUT2D eigenvalue weighted by Crippen LogP contribution is -2.40. The largest absolute Gasteiger partial charge is 0.480 e. The molecule has 1 aromatic carbocycles. The van der Waals surface area contributed by atoms with Crippen LogP contribution in [0.3, 0.4) is 0 Å². The van der Waals surface area contributed by atoms with E-state index in [1.807, 2.05) is 37.3 Å². The van der Waals surface area contributed by atoms with Gasteiger partial charge in [0.25, 0.3) is 0 Å². The topological polar surface area (TPSA) is 66.4 Å². The number of hydrogen-bond acceptors (Lipinski definition) is 2. The molecule has 0 saturated carbocycles. The summed E-state index contributed by atoms with van der Waals surface area (Å²) in [6.45, 7) is 1.90. The smallest absolute Gasteiger partial charge is 0.326 e. The molecule has 0 saturated heterocycles. The molecule has 0 fully saturated rings. The van der Waals surface area contributed by atoms with Crippen molar-refractivity contribution in [2.75, 3.05) is 0 Å². The minimum absolute atomic E-state index is 0.184. The molecule has 4 nitrogen and oxygen atoms in total. The zero-order valence-electron chi connectivity index (χ0n) is 11.3. The highest BCUT2D eigenvalue weighted by molar-refractivity contribution is 5.83. The normalized spacial score (nSPS) is 11.8. The number of rotatable bonds is 8. The summed E-state index contributed by atoms with van der Waals surface area (Å²) in [5.41, 5.74) is 1.19. The average molecular weight is 263 g/mol. The Hall–Kier alpha value is -1.84. The summed E-state index contributed by atoms with van der Waals surface area (Å²) in [6, 6.07) is 9.19. The van der Waals surface area contributed by atoms with E-state index in [2.05, 4.69) is 5.32 Å². The zero-order chi connectivity index (χ0) is 14.1. The predicted molar refractivity (Wildman–Crippen MR) is 73.9 cm³/mol. The van der Waals surface area contributed by atoms with Crippen molar-refractivity contribution >= 4 is 11.9 Å². The number of amides is 1. The minimum Gasteiger partial charge on any atom is -0.480 e. The van der Waals surface area contributed by atoms with Gasteiger partial charge >= 0.3 is 5.97 Å². The first-order chi connectivity index (χ1) is 9.13. The van der Waals surface area contributed by atoms with E-state index in [0.29, 0.717) is 12.8 Å². The highest BCUT2D eigenvalue weighted by atomic mass is 16.4. The fraction of sp³-hybridized carbons (Fsp3) is 0.467. The van der Waals surface area contributed by atoms with Crippen molar-refractivity contribution in [3.63, 3.8) is 0 Å². The summed E-state index contributed by atoms with van der Waals surface area (Å²) in [5.74, 6) is -1.14. The van der Waals surface area contributed by atoms with Gasteiger partial charge in [-0.3, -0.25) is 4.79 Å². The number of aliphatic carboxylic acids is 1. The average Bonchev–Trinajstić information content (AvgIpc) is 2.39. The Morgan fingerprint density at radius 2 is 1.95 bits per heavy atom. The van der Waals surface area contributed by atoms with Gasteiger partial charge < -0.3 is 10.4 Å². The van der Waals surface area contributed by atoms with Crippen molar-refractivity contribution in [2.45, 2.75) is 45.1 Å². The number of nitrogens with one attached hydrogen (secondary N) is 1. The standard InChI is InChI=1S/C15H21NO3/c1-2-7-13(15(18)19)16-14(17)11-6-10-12-8-4-3-5-9-12/h3-5,8-9,13H,2,6-7,10-11H2,1H3,(H,16,17)(H,18,19)/t13-/m1/s1. The molecule has 1 atom stereocenters. The molecule has 2 N–H and O–H groups in total. The second-order valence-corrected chi connectivity index (χ2v) is 4.59. The van der Waals surface area contributed by atoms with Crippen LogP contribution >= 0.6 is 0 Å². The number of aryl methyl sites for hydroxylation is 1. The molecule has 0 spiro atoms. The first kappa shape index (κ1) is 15.2. The van der Waals surface area contributed by atoms with E-state index in [9.17, 15) is 9.59 Å². The van der Waals surface area contributed by atoms with Crippen LogP contribution in [0.15, 0.2) is 30.3 Å². The lowest BCUT2D eigenvalue weighted by atomic mass is 10.1. The molecule has 104 valence electrons. The molecule has 0 heterocycles. The molecule has 0 unspecified atom stereocenters. The Kier molecular flexibility index (Phi) is 6.64. The van der Waals surface area contributed by atoms with E-state index < -0.39 is 12.0 Å². The Balaban J connectivity index is 2.29. The van der Waals surface area contributed by atoms with Gasteiger partial charge in [0.05, 0.1) is 0 Å². The number of hydrogen-bond donors (Lipinski definition) is 2. The molecular weight excluding hydrogens is 242 g/mol. The monoisotopic (exact) mass is 263 g/mol. The lowest BCUT2D eigenvalue weighted by Gasteiger charge is -2.13. The number of carboxylic acids is 1. The maximum atomic E-state index is 11.6. The third-order valence-corrected chi connectivity index (χ3v) is 2.92. The third-order valence-electron chi connectivity index (χ3n) is 2.92. The van der Waals surface area contributed by atoms with E-state index in [4.69, 9.17) is 5.11 Å². The van der Waals surface area contributed by atoms with Gasteiger partial charge in [-0.25, -0.2) is 4.79 Å². The summed E-state index contributed by atoms with van der Waals surface area (Å²) in [4.78, 5) is 22.6. The van der Waals surface area contributed by atoms with Crippen LogP contribution in [-0.4, -0.2) is 23.0 Å². The molecule has 1 amide bonds. The summed E-state index contributed by atoms with van der Waals surface area (Å²) >= 11 is 0. The quantitative estimate of drug-likeness (QED) is 0.756. The molecule has 0 aliphatic rings. The maximum Gasteiger partial charge on any atom is 0.326 e. The summed E-state index contributed by atoms with van der Waals surface area (Å²) < 4.78 is 0. The van der Waals surface area contributed by atoms with Gasteiger partial charge in [-0.15, -0.1) is 0 Å². The molecule has 0 aliphatic heterocycles.